The molecule has 2 aliphatic heterocycles. The molecule has 1 aromatic heterocycles. The van der Waals surface area contributed by atoms with Crippen molar-refractivity contribution in [2.24, 2.45) is 0 Å². The SMILES string of the molecule is CS(=O)(=O)Nc1ccc2c(c1)C(=O)CC1(CCCN(CCc3ccccn3)C1)O2.Cl.O. The Labute approximate surface area is 188 Å². The van der Waals surface area contributed by atoms with Crippen LogP contribution in [0, 0.1) is 0 Å². The van der Waals surface area contributed by atoms with E-state index in [1.807, 2.05) is 18.2 Å². The van der Waals surface area contributed by atoms with Gasteiger partial charge >= 0.3 is 0 Å². The third-order valence-corrected chi connectivity index (χ3v) is 6.03. The Morgan fingerprint density at radius 3 is 2.77 bits per heavy atom. The van der Waals surface area contributed by atoms with E-state index >= 15 is 0 Å². The van der Waals surface area contributed by atoms with Gasteiger partial charge in [-0.25, -0.2) is 8.42 Å². The lowest BCUT2D eigenvalue weighted by molar-refractivity contribution is -0.0176. The molecule has 0 bridgehead atoms. The number of benzene rings is 1. The molecule has 8 nitrogen and oxygen atoms in total. The van der Waals surface area contributed by atoms with Crippen molar-refractivity contribution in [3.8, 4) is 5.75 Å². The van der Waals surface area contributed by atoms with Gasteiger partial charge in [0.1, 0.15) is 11.4 Å². The van der Waals surface area contributed by atoms with Gasteiger partial charge in [0.2, 0.25) is 10.0 Å². The third-order valence-electron chi connectivity index (χ3n) is 5.42. The predicted octanol–water partition coefficient (Wildman–Crippen LogP) is 2.09. The van der Waals surface area contributed by atoms with Crippen LogP contribution in [-0.2, 0) is 16.4 Å². The number of aromatic nitrogens is 1. The van der Waals surface area contributed by atoms with E-state index in [4.69, 9.17) is 4.74 Å². The highest BCUT2D eigenvalue weighted by Crippen LogP contribution is 2.39. The fourth-order valence-corrected chi connectivity index (χ4v) is 4.75. The first-order valence-corrected chi connectivity index (χ1v) is 11.7. The number of sulfonamides is 1. The predicted molar refractivity (Wildman–Crippen MR) is 122 cm³/mol. The highest BCUT2D eigenvalue weighted by molar-refractivity contribution is 7.92. The van der Waals surface area contributed by atoms with Crippen LogP contribution in [0.3, 0.4) is 0 Å². The number of ketones is 1. The zero-order chi connectivity index (χ0) is 20.5. The van der Waals surface area contributed by atoms with Crippen molar-refractivity contribution in [2.45, 2.75) is 31.3 Å². The number of piperidine rings is 1. The summed E-state index contributed by atoms with van der Waals surface area (Å²) in [6.45, 7) is 2.56. The summed E-state index contributed by atoms with van der Waals surface area (Å²) >= 11 is 0. The minimum Gasteiger partial charge on any atom is -0.485 e. The van der Waals surface area contributed by atoms with Gasteiger partial charge in [0.15, 0.2) is 5.78 Å². The largest absolute Gasteiger partial charge is 0.485 e. The van der Waals surface area contributed by atoms with Crippen LogP contribution >= 0.6 is 12.4 Å². The van der Waals surface area contributed by atoms with E-state index in [0.29, 0.717) is 30.0 Å². The smallest absolute Gasteiger partial charge is 0.229 e. The summed E-state index contributed by atoms with van der Waals surface area (Å²) in [5, 5.41) is 0. The Morgan fingerprint density at radius 2 is 2.06 bits per heavy atom. The van der Waals surface area contributed by atoms with Crippen LogP contribution in [0.15, 0.2) is 42.6 Å². The van der Waals surface area contributed by atoms with Crippen LogP contribution in [0.4, 0.5) is 5.69 Å². The number of fused-ring (bicyclic) bond motifs is 1. The summed E-state index contributed by atoms with van der Waals surface area (Å²) in [5.41, 5.74) is 1.36. The Bertz CT molecular complexity index is 1020. The van der Waals surface area contributed by atoms with Gasteiger partial charge in [-0.3, -0.25) is 19.4 Å². The molecule has 1 aromatic carbocycles. The second-order valence-electron chi connectivity index (χ2n) is 7.92. The van der Waals surface area contributed by atoms with Crippen molar-refractivity contribution in [3.63, 3.8) is 0 Å². The fourth-order valence-electron chi connectivity index (χ4n) is 4.20. The lowest BCUT2D eigenvalue weighted by Gasteiger charge is -2.45. The number of anilines is 1. The van der Waals surface area contributed by atoms with E-state index < -0.39 is 15.6 Å². The van der Waals surface area contributed by atoms with Crippen LogP contribution in [0.1, 0.15) is 35.3 Å². The van der Waals surface area contributed by atoms with Crippen LogP contribution in [0.25, 0.3) is 0 Å². The molecule has 1 fully saturated rings. The number of ether oxygens (including phenoxy) is 1. The highest BCUT2D eigenvalue weighted by Gasteiger charge is 2.43. The molecule has 2 aromatic rings. The number of hydrogen-bond acceptors (Lipinski definition) is 6. The normalized spacial score (nSPS) is 20.7. The Balaban J connectivity index is 0.00000171. The lowest BCUT2D eigenvalue weighted by atomic mass is 9.83. The Hall–Kier alpha value is -2.20. The maximum atomic E-state index is 12.9. The molecule has 1 spiro atoms. The number of nitrogens with zero attached hydrogens (tertiary/aromatic N) is 2. The molecule has 1 unspecified atom stereocenters. The van der Waals surface area contributed by atoms with E-state index in [-0.39, 0.29) is 23.7 Å². The number of Topliss-reactive ketones (excluding diaryl/α,β-unsaturated/α-hetero) is 1. The minimum absolute atomic E-state index is 0. The first-order chi connectivity index (χ1) is 13.8. The molecule has 10 heteroatoms. The van der Waals surface area contributed by atoms with Crippen molar-refractivity contribution in [1.29, 1.82) is 0 Å². The number of halogens is 1. The average Bonchev–Trinajstić information content (AvgIpc) is 2.67. The molecule has 3 heterocycles. The van der Waals surface area contributed by atoms with Gasteiger partial charge in [0, 0.05) is 37.1 Å². The molecule has 3 N–H and O–H groups in total. The maximum absolute atomic E-state index is 12.9. The standard InChI is InChI=1S/C21H25N3O4S.ClH.H2O/c1-29(26,27)23-17-6-7-20-18(13-17)19(25)14-21(28-20)9-4-11-24(15-21)12-8-16-5-2-3-10-22-16;;/h2-3,5-7,10,13,23H,4,8-9,11-12,14-15H2,1H3;1H;1H2. The van der Waals surface area contributed by atoms with Crippen LogP contribution in [-0.4, -0.2) is 61.1 Å². The van der Waals surface area contributed by atoms with Gasteiger partial charge in [0.05, 0.1) is 18.2 Å². The van der Waals surface area contributed by atoms with Crippen molar-refractivity contribution in [3.05, 3.63) is 53.9 Å². The Kier molecular flexibility index (Phi) is 8.04. The molecular weight excluding hydrogens is 442 g/mol. The van der Waals surface area contributed by atoms with Crippen molar-refractivity contribution in [2.75, 3.05) is 30.6 Å². The number of hydrogen-bond donors (Lipinski definition) is 1. The van der Waals surface area contributed by atoms with Gasteiger partial charge in [-0.05, 0) is 49.7 Å². The lowest BCUT2D eigenvalue weighted by Crippen LogP contribution is -2.54. The maximum Gasteiger partial charge on any atom is 0.229 e. The molecule has 2 aliphatic rings. The summed E-state index contributed by atoms with van der Waals surface area (Å²) < 4.78 is 31.7. The number of carbonyl (C=O) groups excluding carboxylic acids is 1. The fraction of sp³-hybridized carbons (Fsp3) is 0.429. The van der Waals surface area contributed by atoms with E-state index in [0.717, 1.165) is 44.3 Å². The topological polar surface area (TPSA) is 120 Å². The first kappa shape index (κ1) is 25.1. The highest BCUT2D eigenvalue weighted by atomic mass is 35.5. The van der Waals surface area contributed by atoms with Crippen LogP contribution in [0.5, 0.6) is 5.75 Å². The monoisotopic (exact) mass is 469 g/mol. The molecule has 170 valence electrons. The molecule has 31 heavy (non-hydrogen) atoms. The summed E-state index contributed by atoms with van der Waals surface area (Å²) in [7, 11) is -3.40. The molecule has 0 amide bonds. The molecular formula is C21H28ClN3O5S. The first-order valence-electron chi connectivity index (χ1n) is 9.78. The zero-order valence-corrected chi connectivity index (χ0v) is 19.0. The third kappa shape index (κ3) is 6.16. The van der Waals surface area contributed by atoms with E-state index in [1.54, 1.807) is 24.4 Å². The number of nitrogens with one attached hydrogen (secondary N) is 1. The van der Waals surface area contributed by atoms with Gasteiger partial charge < -0.3 is 10.2 Å². The van der Waals surface area contributed by atoms with Crippen molar-refractivity contribution >= 4 is 33.9 Å². The second kappa shape index (κ2) is 9.95. The molecule has 0 radical (unpaired) electrons. The molecule has 4 rings (SSSR count). The van der Waals surface area contributed by atoms with Gasteiger partial charge in [-0.2, -0.15) is 0 Å². The minimum atomic E-state index is -3.40. The van der Waals surface area contributed by atoms with E-state index in [1.165, 1.54) is 0 Å². The molecule has 1 saturated heterocycles. The number of rotatable bonds is 5. The number of pyridine rings is 1. The van der Waals surface area contributed by atoms with Gasteiger partial charge in [0.25, 0.3) is 0 Å². The summed E-state index contributed by atoms with van der Waals surface area (Å²) in [6.07, 6.45) is 5.87. The number of carbonyl (C=O) groups is 1. The van der Waals surface area contributed by atoms with Crippen molar-refractivity contribution in [1.82, 2.24) is 9.88 Å². The molecule has 0 saturated carbocycles. The number of likely N-dealkylation sites (tertiary alicyclic amines) is 1. The quantitative estimate of drug-likeness (QED) is 0.715. The zero-order valence-electron chi connectivity index (χ0n) is 17.3. The average molecular weight is 470 g/mol. The summed E-state index contributed by atoms with van der Waals surface area (Å²) in [5.74, 6) is 0.529. The van der Waals surface area contributed by atoms with Crippen LogP contribution in [0.2, 0.25) is 0 Å². The Morgan fingerprint density at radius 1 is 1.26 bits per heavy atom. The van der Waals surface area contributed by atoms with Gasteiger partial charge in [-0.15, -0.1) is 12.4 Å². The molecule has 1 atom stereocenters. The molecule has 0 aliphatic carbocycles. The summed E-state index contributed by atoms with van der Waals surface area (Å²) in [6, 6.07) is 10.8. The summed E-state index contributed by atoms with van der Waals surface area (Å²) in [4.78, 5) is 19.6. The van der Waals surface area contributed by atoms with Crippen molar-refractivity contribution < 1.29 is 23.4 Å². The van der Waals surface area contributed by atoms with E-state index in [2.05, 4.69) is 14.6 Å². The van der Waals surface area contributed by atoms with Crippen LogP contribution < -0.4 is 9.46 Å². The second-order valence-corrected chi connectivity index (χ2v) is 9.67. The van der Waals surface area contributed by atoms with E-state index in [9.17, 15) is 13.2 Å². The van der Waals surface area contributed by atoms with Gasteiger partial charge in [-0.1, -0.05) is 6.07 Å².